The Labute approximate surface area is 195 Å². The van der Waals surface area contributed by atoms with Crippen molar-refractivity contribution >= 4 is 40.2 Å². The van der Waals surface area contributed by atoms with Gasteiger partial charge >= 0.3 is 12.2 Å². The molecule has 0 radical (unpaired) electrons. The van der Waals surface area contributed by atoms with Crippen LogP contribution in [0.3, 0.4) is 0 Å². The molecular weight excluding hydrogens is 536 g/mol. The van der Waals surface area contributed by atoms with Gasteiger partial charge in [0, 0.05) is 11.0 Å². The van der Waals surface area contributed by atoms with Gasteiger partial charge in [-0.1, -0.05) is 40.8 Å². The van der Waals surface area contributed by atoms with Gasteiger partial charge in [-0.05, 0) is 35.9 Å². The van der Waals surface area contributed by atoms with E-state index in [2.05, 4.69) is 27.9 Å². The van der Waals surface area contributed by atoms with E-state index in [1.165, 1.54) is 12.1 Å². The van der Waals surface area contributed by atoms with Crippen molar-refractivity contribution in [2.75, 3.05) is 22.4 Å². The summed E-state index contributed by atoms with van der Waals surface area (Å²) in [6, 6.07) is 11.6. The van der Waals surface area contributed by atoms with Crippen molar-refractivity contribution in [2.24, 2.45) is 0 Å². The smallest absolute Gasteiger partial charge is 0.332 e. The summed E-state index contributed by atoms with van der Waals surface area (Å²) in [5, 5.41) is 11.8. The zero-order chi connectivity index (χ0) is 23.0. The third-order valence-corrected chi connectivity index (χ3v) is 5.84. The van der Waals surface area contributed by atoms with Crippen LogP contribution in [0.25, 0.3) is 0 Å². The van der Waals surface area contributed by atoms with Crippen LogP contribution >= 0.6 is 22.6 Å². The van der Waals surface area contributed by atoms with Crippen molar-refractivity contribution in [3.8, 4) is 6.07 Å². The number of urea groups is 1. The molecule has 2 heterocycles. The molecule has 4 rings (SSSR count). The minimum Gasteiger partial charge on any atom is -0.332 e. The number of alkyl halides is 4. The number of carbonyl (C=O) groups excluding carboxylic acids is 2. The number of halogens is 4. The largest absolute Gasteiger partial charge is 0.416 e. The Kier molecular flexibility index (Phi) is 5.85. The van der Waals surface area contributed by atoms with Crippen LogP contribution in [0, 0.1) is 11.3 Å². The number of nitriles is 1. The first-order chi connectivity index (χ1) is 15.2. The maximum Gasteiger partial charge on any atom is 0.416 e. The average Bonchev–Trinajstić information content (AvgIpc) is 3.09. The summed E-state index contributed by atoms with van der Waals surface area (Å²) >= 11 is 2.14. The molecule has 0 saturated carbocycles. The highest BCUT2D eigenvalue weighted by atomic mass is 127. The van der Waals surface area contributed by atoms with Crippen molar-refractivity contribution in [1.82, 2.24) is 10.2 Å². The van der Waals surface area contributed by atoms with Gasteiger partial charge in [-0.2, -0.15) is 18.4 Å². The maximum absolute atomic E-state index is 13.3. The standard InChI is InChI=1S/C22H16F3IN4O2/c23-22(24,25)15-2-1-3-16(10-15)30-17-12-29(9-8-26)20(31)18(17)19(28-21(30)32)14-6-4-13(11-27)5-7-14/h1-7,10,19H,8-9,12H2,(H,28,32). The molecule has 0 saturated heterocycles. The summed E-state index contributed by atoms with van der Waals surface area (Å²) in [4.78, 5) is 29.0. The molecule has 0 bridgehead atoms. The number of anilines is 1. The Morgan fingerprint density at radius 2 is 1.88 bits per heavy atom. The number of benzene rings is 2. The second-order valence-electron chi connectivity index (χ2n) is 7.28. The van der Waals surface area contributed by atoms with Crippen LogP contribution in [0.2, 0.25) is 0 Å². The molecule has 2 aromatic carbocycles. The van der Waals surface area contributed by atoms with E-state index in [1.807, 2.05) is 6.07 Å². The first-order valence-electron chi connectivity index (χ1n) is 9.61. The molecule has 10 heteroatoms. The molecule has 0 fully saturated rings. The van der Waals surface area contributed by atoms with E-state index in [1.54, 1.807) is 29.2 Å². The summed E-state index contributed by atoms with van der Waals surface area (Å²) < 4.78 is 40.4. The zero-order valence-electron chi connectivity index (χ0n) is 16.5. The fourth-order valence-electron chi connectivity index (χ4n) is 3.87. The normalized spacial score (nSPS) is 18.5. The van der Waals surface area contributed by atoms with Crippen LogP contribution in [-0.2, 0) is 11.0 Å². The second kappa shape index (κ2) is 8.46. The minimum absolute atomic E-state index is 0.0345. The van der Waals surface area contributed by atoms with Gasteiger partial charge in [0.05, 0.1) is 46.7 Å². The molecular formula is C22H16F3IN4O2. The fraction of sp³-hybridized carbons (Fsp3) is 0.227. The second-order valence-corrected chi connectivity index (χ2v) is 8.35. The van der Waals surface area contributed by atoms with Crippen molar-refractivity contribution < 1.29 is 22.8 Å². The molecule has 2 aliphatic rings. The lowest BCUT2D eigenvalue weighted by Crippen LogP contribution is -2.47. The lowest BCUT2D eigenvalue weighted by molar-refractivity contribution is -0.137. The van der Waals surface area contributed by atoms with Gasteiger partial charge in [-0.25, -0.2) is 4.79 Å². The predicted octanol–water partition coefficient (Wildman–Crippen LogP) is 4.38. The number of hydrogen-bond donors (Lipinski definition) is 1. The lowest BCUT2D eigenvalue weighted by Gasteiger charge is -2.33. The molecule has 2 aliphatic heterocycles. The van der Waals surface area contributed by atoms with Gasteiger partial charge in [0.15, 0.2) is 0 Å². The molecule has 6 nitrogen and oxygen atoms in total. The first-order valence-corrected chi connectivity index (χ1v) is 11.1. The van der Waals surface area contributed by atoms with Crippen LogP contribution in [0.5, 0.6) is 0 Å². The van der Waals surface area contributed by atoms with Crippen LogP contribution < -0.4 is 10.2 Å². The monoisotopic (exact) mass is 552 g/mol. The highest BCUT2D eigenvalue weighted by molar-refractivity contribution is 14.1. The Morgan fingerprint density at radius 3 is 2.50 bits per heavy atom. The molecule has 3 amide bonds. The summed E-state index contributed by atoms with van der Waals surface area (Å²) in [5.41, 5.74) is 0.867. The van der Waals surface area contributed by atoms with E-state index in [0.29, 0.717) is 33.4 Å². The van der Waals surface area contributed by atoms with Crippen LogP contribution in [0.1, 0.15) is 22.7 Å². The van der Waals surface area contributed by atoms with E-state index in [-0.39, 0.29) is 18.1 Å². The Bertz CT molecular complexity index is 1160. The quantitative estimate of drug-likeness (QED) is 0.452. The molecule has 2 aromatic rings. The van der Waals surface area contributed by atoms with Gasteiger partial charge in [0.2, 0.25) is 0 Å². The molecule has 32 heavy (non-hydrogen) atoms. The number of rotatable bonds is 4. The highest BCUT2D eigenvalue weighted by Crippen LogP contribution is 2.40. The molecule has 1 unspecified atom stereocenters. The highest BCUT2D eigenvalue weighted by Gasteiger charge is 2.44. The van der Waals surface area contributed by atoms with Crippen molar-refractivity contribution in [3.05, 3.63) is 76.5 Å². The topological polar surface area (TPSA) is 76.4 Å². The summed E-state index contributed by atoms with van der Waals surface area (Å²) in [6.07, 6.45) is -4.57. The van der Waals surface area contributed by atoms with E-state index in [4.69, 9.17) is 5.26 Å². The summed E-state index contributed by atoms with van der Waals surface area (Å²) in [6.45, 7) is 0.560. The number of carbonyl (C=O) groups is 2. The number of amides is 3. The Morgan fingerprint density at radius 1 is 1.16 bits per heavy atom. The van der Waals surface area contributed by atoms with E-state index >= 15 is 0 Å². The molecule has 0 aromatic heterocycles. The Hall–Kier alpha value is -3.07. The van der Waals surface area contributed by atoms with Crippen molar-refractivity contribution in [2.45, 2.75) is 12.2 Å². The lowest BCUT2D eigenvalue weighted by atomic mass is 9.94. The summed E-state index contributed by atoms with van der Waals surface area (Å²) in [7, 11) is 0. The third-order valence-electron chi connectivity index (χ3n) is 5.36. The number of hydrogen-bond acceptors (Lipinski definition) is 3. The number of nitrogens with zero attached hydrogens (tertiary/aromatic N) is 3. The van der Waals surface area contributed by atoms with Gasteiger partial charge in [0.25, 0.3) is 5.91 Å². The zero-order valence-corrected chi connectivity index (χ0v) is 18.6. The van der Waals surface area contributed by atoms with E-state index in [0.717, 1.165) is 17.0 Å². The molecule has 0 spiro atoms. The third kappa shape index (κ3) is 3.92. The molecule has 1 N–H and O–H groups in total. The van der Waals surface area contributed by atoms with Crippen molar-refractivity contribution in [1.29, 1.82) is 5.26 Å². The molecule has 0 aliphatic carbocycles. The van der Waals surface area contributed by atoms with Crippen LogP contribution in [-0.4, -0.2) is 34.4 Å². The van der Waals surface area contributed by atoms with Gasteiger partial charge in [0.1, 0.15) is 0 Å². The average molecular weight is 552 g/mol. The van der Waals surface area contributed by atoms with Gasteiger partial charge in [-0.15, -0.1) is 0 Å². The fourth-order valence-corrected chi connectivity index (χ4v) is 4.46. The van der Waals surface area contributed by atoms with E-state index in [9.17, 15) is 22.8 Å². The first kappa shape index (κ1) is 22.1. The predicted molar refractivity (Wildman–Crippen MR) is 119 cm³/mol. The molecule has 164 valence electrons. The Balaban J connectivity index is 1.82. The van der Waals surface area contributed by atoms with Crippen molar-refractivity contribution in [3.63, 3.8) is 0 Å². The van der Waals surface area contributed by atoms with Gasteiger partial charge < -0.3 is 10.2 Å². The van der Waals surface area contributed by atoms with Gasteiger partial charge in [-0.3, -0.25) is 9.69 Å². The van der Waals surface area contributed by atoms with E-state index < -0.39 is 23.8 Å². The van der Waals surface area contributed by atoms with Crippen LogP contribution in [0.15, 0.2) is 59.8 Å². The maximum atomic E-state index is 13.3. The van der Waals surface area contributed by atoms with Crippen LogP contribution in [0.4, 0.5) is 23.7 Å². The number of nitrogens with one attached hydrogen (secondary N) is 1. The SMILES string of the molecule is N#Cc1ccc(C2NC(=O)N(c3cccc(C(F)(F)F)c3)C3=C2C(=O)N(CCI)C3)cc1. The molecule has 1 atom stereocenters. The minimum atomic E-state index is -4.57. The summed E-state index contributed by atoms with van der Waals surface area (Å²) in [5.74, 6) is -0.275.